The third-order valence-corrected chi connectivity index (χ3v) is 6.61. The second-order valence-electron chi connectivity index (χ2n) is 5.85. The zero-order valence-corrected chi connectivity index (χ0v) is 14.2. The van der Waals surface area contributed by atoms with Crippen LogP contribution in [0.4, 0.5) is 0 Å². The predicted molar refractivity (Wildman–Crippen MR) is 87.1 cm³/mol. The summed E-state index contributed by atoms with van der Waals surface area (Å²) in [6.45, 7) is 7.37. The topological polar surface area (TPSA) is 64.9 Å². The first-order chi connectivity index (χ1) is 9.60. The van der Waals surface area contributed by atoms with Gasteiger partial charge in [-0.3, -0.25) is 0 Å². The molecule has 1 aliphatic heterocycles. The van der Waals surface area contributed by atoms with E-state index in [0.29, 0.717) is 28.9 Å². The van der Waals surface area contributed by atoms with Crippen molar-refractivity contribution in [3.63, 3.8) is 0 Å². The zero-order valence-electron chi connectivity index (χ0n) is 12.5. The minimum Gasteiger partial charge on any atom is -0.339 e. The van der Waals surface area contributed by atoms with Crippen LogP contribution < -0.4 is 5.73 Å². The summed E-state index contributed by atoms with van der Waals surface area (Å²) in [5.41, 5.74) is 5.84. The molecule has 1 fully saturated rings. The van der Waals surface area contributed by atoms with E-state index in [1.807, 2.05) is 23.5 Å². The molecule has 0 amide bonds. The van der Waals surface area contributed by atoms with Gasteiger partial charge in [-0.25, -0.2) is 0 Å². The van der Waals surface area contributed by atoms with E-state index >= 15 is 0 Å². The van der Waals surface area contributed by atoms with Gasteiger partial charge < -0.3 is 10.3 Å². The first-order valence-electron chi connectivity index (χ1n) is 7.36. The van der Waals surface area contributed by atoms with E-state index in [2.05, 4.69) is 30.9 Å². The van der Waals surface area contributed by atoms with E-state index in [1.165, 1.54) is 11.5 Å². The van der Waals surface area contributed by atoms with Crippen LogP contribution in [0.5, 0.6) is 0 Å². The Morgan fingerprint density at radius 2 is 2.10 bits per heavy atom. The van der Waals surface area contributed by atoms with Crippen molar-refractivity contribution in [2.75, 3.05) is 18.1 Å². The summed E-state index contributed by atoms with van der Waals surface area (Å²) in [4.78, 5) is 4.61. The minimum absolute atomic E-state index is 0.368. The molecule has 20 heavy (non-hydrogen) atoms. The first-order valence-corrected chi connectivity index (χ1v) is 9.45. The maximum absolute atomic E-state index is 5.84. The number of hydrogen-bond donors (Lipinski definition) is 1. The molecule has 3 unspecified atom stereocenters. The van der Waals surface area contributed by atoms with E-state index in [1.54, 1.807) is 0 Å². The van der Waals surface area contributed by atoms with Gasteiger partial charge in [-0.2, -0.15) is 16.7 Å². The van der Waals surface area contributed by atoms with Gasteiger partial charge in [0.2, 0.25) is 5.89 Å². The fourth-order valence-corrected chi connectivity index (χ4v) is 5.24. The highest BCUT2D eigenvalue weighted by atomic mass is 32.2. The number of nitrogens with zero attached hydrogens (tertiary/aromatic N) is 2. The molecule has 0 bridgehead atoms. The molecule has 0 aromatic carbocycles. The Bertz CT molecular complexity index is 411. The Balaban J connectivity index is 1.97. The van der Waals surface area contributed by atoms with Gasteiger partial charge in [0.1, 0.15) is 0 Å². The van der Waals surface area contributed by atoms with E-state index in [0.717, 1.165) is 24.6 Å². The minimum atomic E-state index is 0.368. The predicted octanol–water partition coefficient (Wildman–Crippen LogP) is 3.14. The highest BCUT2D eigenvalue weighted by Crippen LogP contribution is 2.41. The molecule has 3 atom stereocenters. The molecule has 2 heterocycles. The molecule has 1 aromatic heterocycles. The van der Waals surface area contributed by atoms with E-state index < -0.39 is 0 Å². The summed E-state index contributed by atoms with van der Waals surface area (Å²) in [6.07, 6.45) is 1.92. The molecule has 2 N–H and O–H groups in total. The summed E-state index contributed by atoms with van der Waals surface area (Å²) in [7, 11) is 0. The Morgan fingerprint density at radius 3 is 2.75 bits per heavy atom. The lowest BCUT2D eigenvalue weighted by Gasteiger charge is -2.24. The van der Waals surface area contributed by atoms with Gasteiger partial charge in [0, 0.05) is 23.2 Å². The van der Waals surface area contributed by atoms with Crippen LogP contribution >= 0.6 is 23.5 Å². The molecule has 114 valence electrons. The lowest BCUT2D eigenvalue weighted by atomic mass is 9.94. The van der Waals surface area contributed by atoms with Gasteiger partial charge in [0.15, 0.2) is 5.82 Å². The van der Waals surface area contributed by atoms with Crippen LogP contribution in [0.25, 0.3) is 0 Å². The van der Waals surface area contributed by atoms with Crippen molar-refractivity contribution in [3.8, 4) is 0 Å². The summed E-state index contributed by atoms with van der Waals surface area (Å²) in [5.74, 6) is 5.09. The van der Waals surface area contributed by atoms with E-state index in [-0.39, 0.29) is 0 Å². The van der Waals surface area contributed by atoms with Crippen molar-refractivity contribution in [1.29, 1.82) is 0 Å². The average Bonchev–Trinajstić information content (AvgIpc) is 2.86. The quantitative estimate of drug-likeness (QED) is 0.870. The molecular formula is C14H25N3OS2. The van der Waals surface area contributed by atoms with Crippen LogP contribution in [0.15, 0.2) is 4.52 Å². The normalized spacial score (nSPS) is 25.1. The highest BCUT2D eigenvalue weighted by Gasteiger charge is 2.28. The summed E-state index contributed by atoms with van der Waals surface area (Å²) >= 11 is 3.94. The Labute approximate surface area is 130 Å². The van der Waals surface area contributed by atoms with Crippen molar-refractivity contribution in [2.24, 2.45) is 17.6 Å². The van der Waals surface area contributed by atoms with Gasteiger partial charge in [-0.15, -0.1) is 11.8 Å². The lowest BCUT2D eigenvalue weighted by molar-refractivity contribution is 0.329. The number of rotatable bonds is 6. The van der Waals surface area contributed by atoms with Crippen LogP contribution in [0.3, 0.4) is 0 Å². The zero-order chi connectivity index (χ0) is 14.5. The van der Waals surface area contributed by atoms with Crippen molar-refractivity contribution in [2.45, 2.75) is 44.1 Å². The fourth-order valence-electron chi connectivity index (χ4n) is 2.56. The molecule has 1 saturated heterocycles. The molecular weight excluding hydrogens is 290 g/mol. The first kappa shape index (κ1) is 16.2. The summed E-state index contributed by atoms with van der Waals surface area (Å²) in [6, 6.07) is 0. The molecule has 0 saturated carbocycles. The molecule has 0 spiro atoms. The van der Waals surface area contributed by atoms with Crippen molar-refractivity contribution in [1.82, 2.24) is 10.1 Å². The van der Waals surface area contributed by atoms with Gasteiger partial charge in [-0.1, -0.05) is 25.9 Å². The summed E-state index contributed by atoms with van der Waals surface area (Å²) in [5, 5.41) is 5.12. The van der Waals surface area contributed by atoms with Crippen molar-refractivity contribution >= 4 is 23.5 Å². The monoisotopic (exact) mass is 315 g/mol. The van der Waals surface area contributed by atoms with E-state index in [9.17, 15) is 0 Å². The van der Waals surface area contributed by atoms with E-state index in [4.69, 9.17) is 10.3 Å². The maximum Gasteiger partial charge on any atom is 0.227 e. The third kappa shape index (κ3) is 4.40. The number of hydrogen-bond acceptors (Lipinski definition) is 6. The third-order valence-electron chi connectivity index (χ3n) is 3.53. The largest absolute Gasteiger partial charge is 0.339 e. The molecule has 2 rings (SSSR count). The molecule has 0 aliphatic carbocycles. The Hall–Kier alpha value is -0.200. The highest BCUT2D eigenvalue weighted by molar-refractivity contribution is 8.06. The number of nitrogens with two attached hydrogens (primary N) is 1. The molecule has 1 aromatic rings. The Kier molecular flexibility index (Phi) is 6.23. The fraction of sp³-hybridized carbons (Fsp3) is 0.857. The van der Waals surface area contributed by atoms with Crippen LogP contribution in [0.1, 0.15) is 44.2 Å². The van der Waals surface area contributed by atoms with Gasteiger partial charge >= 0.3 is 0 Å². The summed E-state index contributed by atoms with van der Waals surface area (Å²) < 4.78 is 5.44. The van der Waals surface area contributed by atoms with Gasteiger partial charge in [0.25, 0.3) is 0 Å². The lowest BCUT2D eigenvalue weighted by Crippen LogP contribution is -2.19. The molecule has 6 heteroatoms. The Morgan fingerprint density at radius 1 is 1.35 bits per heavy atom. The molecule has 4 nitrogen and oxygen atoms in total. The number of aromatic nitrogens is 2. The second-order valence-corrected chi connectivity index (χ2v) is 8.58. The van der Waals surface area contributed by atoms with Crippen molar-refractivity contribution in [3.05, 3.63) is 11.7 Å². The van der Waals surface area contributed by atoms with Gasteiger partial charge in [-0.05, 0) is 24.8 Å². The maximum atomic E-state index is 5.84. The standard InChI is InChI=1S/C14H25N3OS2/c1-9(2)6-11(8-15)7-12-16-14(17-18-12)13-10(3)19-4-5-20-13/h9-11,13H,4-8,15H2,1-3H3. The smallest absolute Gasteiger partial charge is 0.227 e. The molecule has 0 radical (unpaired) electrons. The van der Waals surface area contributed by atoms with Crippen LogP contribution in [-0.2, 0) is 6.42 Å². The SMILES string of the molecule is CC(C)CC(CN)Cc1nc(C2SCCSC2C)no1. The van der Waals surface area contributed by atoms with Crippen LogP contribution in [0, 0.1) is 11.8 Å². The molecule has 1 aliphatic rings. The van der Waals surface area contributed by atoms with Crippen LogP contribution in [-0.4, -0.2) is 33.4 Å². The average molecular weight is 316 g/mol. The van der Waals surface area contributed by atoms with Crippen molar-refractivity contribution < 1.29 is 4.52 Å². The van der Waals surface area contributed by atoms with Gasteiger partial charge in [0.05, 0.1) is 5.25 Å². The number of thioether (sulfide) groups is 2. The second kappa shape index (κ2) is 7.71. The van der Waals surface area contributed by atoms with Crippen LogP contribution in [0.2, 0.25) is 0 Å².